The molecule has 1 amide bonds. The topological polar surface area (TPSA) is 122 Å². The van der Waals surface area contributed by atoms with Gasteiger partial charge in [0.25, 0.3) is 15.9 Å². The van der Waals surface area contributed by atoms with Gasteiger partial charge in [-0.1, -0.05) is 6.07 Å². The highest BCUT2D eigenvalue weighted by atomic mass is 32.2. The van der Waals surface area contributed by atoms with E-state index in [-0.39, 0.29) is 16.0 Å². The number of anilines is 2. The quantitative estimate of drug-likeness (QED) is 0.532. The molecule has 0 atom stereocenters. The second kappa shape index (κ2) is 8.66. The summed E-state index contributed by atoms with van der Waals surface area (Å²) in [6.45, 7) is 0. The first-order valence-corrected chi connectivity index (χ1v) is 10.2. The summed E-state index contributed by atoms with van der Waals surface area (Å²) in [5, 5.41) is 11.5. The summed E-state index contributed by atoms with van der Waals surface area (Å²) in [7, 11) is -2.40. The molecule has 3 N–H and O–H groups in total. The van der Waals surface area contributed by atoms with Crippen LogP contribution in [0.5, 0.6) is 5.75 Å². The highest BCUT2D eigenvalue weighted by molar-refractivity contribution is 7.92. The van der Waals surface area contributed by atoms with E-state index in [1.165, 1.54) is 55.6 Å². The Morgan fingerprint density at radius 3 is 2.10 bits per heavy atom. The van der Waals surface area contributed by atoms with Gasteiger partial charge in [0.05, 0.1) is 17.6 Å². The standard InChI is InChI=1S/C21H18N2O6S/c1-29-18-11-9-17(10-12-18)23-30(27,28)19-4-2-3-15(13-19)20(24)22-16-7-5-14(6-8-16)21(25)26/h2-13,23H,1H3,(H,22,24)(H,25,26). The molecule has 0 heterocycles. The van der Waals surface area contributed by atoms with Gasteiger partial charge in [-0.05, 0) is 66.7 Å². The highest BCUT2D eigenvalue weighted by Crippen LogP contribution is 2.20. The molecule has 30 heavy (non-hydrogen) atoms. The zero-order chi connectivity index (χ0) is 21.7. The summed E-state index contributed by atoms with van der Waals surface area (Å²) < 4.78 is 32.8. The molecular weight excluding hydrogens is 408 g/mol. The molecular formula is C21H18N2O6S. The molecule has 3 aromatic rings. The first-order chi connectivity index (χ1) is 14.3. The summed E-state index contributed by atoms with van der Waals surface area (Å²) in [5.74, 6) is -1.01. The third kappa shape index (κ3) is 4.95. The SMILES string of the molecule is COc1ccc(NS(=O)(=O)c2cccc(C(=O)Nc3ccc(C(=O)O)cc3)c2)cc1. The molecule has 0 unspecified atom stereocenters. The van der Waals surface area contributed by atoms with Crippen LogP contribution in [0, 0.1) is 0 Å². The first kappa shape index (κ1) is 20.9. The normalized spacial score (nSPS) is 10.8. The fraction of sp³-hybridized carbons (Fsp3) is 0.0476. The number of carboxylic acids is 1. The lowest BCUT2D eigenvalue weighted by Gasteiger charge is -2.10. The van der Waals surface area contributed by atoms with E-state index in [9.17, 15) is 18.0 Å². The number of aromatic carboxylic acids is 1. The number of sulfonamides is 1. The van der Waals surface area contributed by atoms with E-state index in [0.29, 0.717) is 17.1 Å². The highest BCUT2D eigenvalue weighted by Gasteiger charge is 2.17. The fourth-order valence-corrected chi connectivity index (χ4v) is 3.68. The molecule has 0 fully saturated rings. The summed E-state index contributed by atoms with van der Waals surface area (Å²) in [5.41, 5.74) is 0.958. The number of benzene rings is 3. The van der Waals surface area contributed by atoms with Crippen LogP contribution in [0.4, 0.5) is 11.4 Å². The molecule has 0 saturated carbocycles. The van der Waals surface area contributed by atoms with E-state index in [4.69, 9.17) is 9.84 Å². The van der Waals surface area contributed by atoms with Gasteiger partial charge >= 0.3 is 5.97 Å². The van der Waals surface area contributed by atoms with Crippen LogP contribution < -0.4 is 14.8 Å². The molecule has 0 bridgehead atoms. The Bertz CT molecular complexity index is 1170. The molecule has 3 rings (SSSR count). The number of nitrogens with one attached hydrogen (secondary N) is 2. The van der Waals surface area contributed by atoms with Crippen molar-refractivity contribution in [2.45, 2.75) is 4.90 Å². The van der Waals surface area contributed by atoms with Gasteiger partial charge in [-0.25, -0.2) is 13.2 Å². The Hall–Kier alpha value is -3.85. The average molecular weight is 426 g/mol. The van der Waals surface area contributed by atoms with Crippen LogP contribution in [0.3, 0.4) is 0 Å². The van der Waals surface area contributed by atoms with Crippen LogP contribution in [0.25, 0.3) is 0 Å². The van der Waals surface area contributed by atoms with E-state index in [1.807, 2.05) is 0 Å². The van der Waals surface area contributed by atoms with Gasteiger partial charge < -0.3 is 15.2 Å². The van der Waals surface area contributed by atoms with Gasteiger partial charge in [-0.2, -0.15) is 0 Å². The number of hydrogen-bond donors (Lipinski definition) is 3. The Labute approximate surface area is 173 Å². The van der Waals surface area contributed by atoms with Crippen molar-refractivity contribution < 1.29 is 27.9 Å². The smallest absolute Gasteiger partial charge is 0.335 e. The zero-order valence-electron chi connectivity index (χ0n) is 15.8. The fourth-order valence-electron chi connectivity index (χ4n) is 2.58. The lowest BCUT2D eigenvalue weighted by molar-refractivity contribution is 0.0696. The maximum atomic E-state index is 12.7. The van der Waals surface area contributed by atoms with E-state index in [0.717, 1.165) is 0 Å². The molecule has 0 spiro atoms. The predicted molar refractivity (Wildman–Crippen MR) is 112 cm³/mol. The summed E-state index contributed by atoms with van der Waals surface area (Å²) >= 11 is 0. The van der Waals surface area contributed by atoms with Crippen molar-refractivity contribution in [3.63, 3.8) is 0 Å². The van der Waals surface area contributed by atoms with Crippen molar-refractivity contribution >= 4 is 33.3 Å². The lowest BCUT2D eigenvalue weighted by Crippen LogP contribution is -2.16. The summed E-state index contributed by atoms with van der Waals surface area (Å²) in [6, 6.07) is 17.6. The van der Waals surface area contributed by atoms with Crippen LogP contribution in [0.1, 0.15) is 20.7 Å². The minimum absolute atomic E-state index is 0.0767. The minimum atomic E-state index is -3.91. The van der Waals surface area contributed by atoms with Crippen molar-refractivity contribution in [3.8, 4) is 5.75 Å². The molecule has 0 aliphatic rings. The molecule has 0 aliphatic carbocycles. The number of carbonyl (C=O) groups is 2. The lowest BCUT2D eigenvalue weighted by atomic mass is 10.2. The van der Waals surface area contributed by atoms with E-state index in [2.05, 4.69) is 10.0 Å². The van der Waals surface area contributed by atoms with Crippen molar-refractivity contribution in [2.75, 3.05) is 17.1 Å². The number of carboxylic acid groups (broad SMARTS) is 1. The van der Waals surface area contributed by atoms with Gasteiger partial charge in [0.15, 0.2) is 0 Å². The Balaban J connectivity index is 1.76. The Morgan fingerprint density at radius 2 is 1.50 bits per heavy atom. The van der Waals surface area contributed by atoms with Crippen LogP contribution >= 0.6 is 0 Å². The molecule has 0 saturated heterocycles. The van der Waals surface area contributed by atoms with E-state index in [1.54, 1.807) is 24.3 Å². The van der Waals surface area contributed by atoms with Gasteiger partial charge in [0.1, 0.15) is 5.75 Å². The van der Waals surface area contributed by atoms with E-state index < -0.39 is 21.9 Å². The van der Waals surface area contributed by atoms with Crippen molar-refractivity contribution in [1.29, 1.82) is 0 Å². The molecule has 9 heteroatoms. The van der Waals surface area contributed by atoms with E-state index >= 15 is 0 Å². The summed E-state index contributed by atoms with van der Waals surface area (Å²) in [4.78, 5) is 23.3. The van der Waals surface area contributed by atoms with Crippen molar-refractivity contribution in [1.82, 2.24) is 0 Å². The second-order valence-corrected chi connectivity index (χ2v) is 7.88. The number of methoxy groups -OCH3 is 1. The number of rotatable bonds is 7. The van der Waals surface area contributed by atoms with Crippen LogP contribution in [0.15, 0.2) is 77.7 Å². The number of ether oxygens (including phenoxy) is 1. The third-order valence-corrected chi connectivity index (χ3v) is 5.52. The van der Waals surface area contributed by atoms with Gasteiger partial charge in [0, 0.05) is 16.9 Å². The Morgan fingerprint density at radius 1 is 0.867 bits per heavy atom. The third-order valence-electron chi connectivity index (χ3n) is 4.14. The second-order valence-electron chi connectivity index (χ2n) is 6.20. The molecule has 8 nitrogen and oxygen atoms in total. The molecule has 0 aromatic heterocycles. The van der Waals surface area contributed by atoms with Gasteiger partial charge in [-0.3, -0.25) is 9.52 Å². The number of carbonyl (C=O) groups excluding carboxylic acids is 1. The van der Waals surface area contributed by atoms with Crippen molar-refractivity contribution in [2.24, 2.45) is 0 Å². The summed E-state index contributed by atoms with van der Waals surface area (Å²) in [6.07, 6.45) is 0. The van der Waals surface area contributed by atoms with Crippen LogP contribution in [-0.2, 0) is 10.0 Å². The van der Waals surface area contributed by atoms with Gasteiger partial charge in [0.2, 0.25) is 0 Å². The predicted octanol–water partition coefficient (Wildman–Crippen LogP) is 3.45. The van der Waals surface area contributed by atoms with Crippen LogP contribution in [0.2, 0.25) is 0 Å². The number of amides is 1. The minimum Gasteiger partial charge on any atom is -0.497 e. The molecule has 154 valence electrons. The van der Waals surface area contributed by atoms with Crippen molar-refractivity contribution in [3.05, 3.63) is 83.9 Å². The van der Waals surface area contributed by atoms with Gasteiger partial charge in [-0.15, -0.1) is 0 Å². The average Bonchev–Trinajstić information content (AvgIpc) is 2.74. The monoisotopic (exact) mass is 426 g/mol. The molecule has 3 aromatic carbocycles. The molecule has 0 aliphatic heterocycles. The first-order valence-electron chi connectivity index (χ1n) is 8.70. The maximum absolute atomic E-state index is 12.7. The number of hydrogen-bond acceptors (Lipinski definition) is 5. The van der Waals surface area contributed by atoms with Crippen LogP contribution in [-0.4, -0.2) is 32.5 Å². The Kier molecular flexibility index (Phi) is 6.03. The molecule has 0 radical (unpaired) electrons. The maximum Gasteiger partial charge on any atom is 0.335 e. The largest absolute Gasteiger partial charge is 0.497 e. The zero-order valence-corrected chi connectivity index (χ0v) is 16.6.